The van der Waals surface area contributed by atoms with E-state index in [-0.39, 0.29) is 10.6 Å². The van der Waals surface area contributed by atoms with Gasteiger partial charge in [-0.05, 0) is 43.2 Å². The van der Waals surface area contributed by atoms with Crippen molar-refractivity contribution in [1.29, 1.82) is 5.26 Å². The van der Waals surface area contributed by atoms with Crippen molar-refractivity contribution in [2.45, 2.75) is 68.3 Å². The average Bonchev–Trinajstić information content (AvgIpc) is 3.47. The fourth-order valence-electron chi connectivity index (χ4n) is 5.85. The van der Waals surface area contributed by atoms with Crippen LogP contribution in [0.2, 0.25) is 5.02 Å². The summed E-state index contributed by atoms with van der Waals surface area (Å²) in [5, 5.41) is 50.4. The van der Waals surface area contributed by atoms with Gasteiger partial charge in [0.15, 0.2) is 6.10 Å². The van der Waals surface area contributed by atoms with Crippen LogP contribution in [-0.4, -0.2) is 86.5 Å². The van der Waals surface area contributed by atoms with Crippen molar-refractivity contribution < 1.29 is 34.0 Å². The smallest absolute Gasteiger partial charge is 0.259 e. The van der Waals surface area contributed by atoms with Gasteiger partial charge in [0.05, 0.1) is 36.6 Å². The zero-order valence-electron chi connectivity index (χ0n) is 22.8. The molecule has 42 heavy (non-hydrogen) atoms. The second kappa shape index (κ2) is 12.8. The van der Waals surface area contributed by atoms with E-state index in [1.54, 1.807) is 6.07 Å². The summed E-state index contributed by atoms with van der Waals surface area (Å²) in [5.74, 6) is -1.07. The van der Waals surface area contributed by atoms with Gasteiger partial charge in [0.1, 0.15) is 35.9 Å². The minimum atomic E-state index is -1.37. The molecule has 1 amide bonds. The van der Waals surface area contributed by atoms with E-state index in [2.05, 4.69) is 10.3 Å². The van der Waals surface area contributed by atoms with Crippen LogP contribution in [0.4, 0.5) is 10.1 Å². The van der Waals surface area contributed by atoms with Gasteiger partial charge in [-0.2, -0.15) is 5.26 Å². The third kappa shape index (κ3) is 5.89. The Morgan fingerprint density at radius 1 is 1.26 bits per heavy atom. The van der Waals surface area contributed by atoms with Crippen molar-refractivity contribution in [3.05, 3.63) is 65.1 Å². The second-order valence-electron chi connectivity index (χ2n) is 10.5. The lowest BCUT2D eigenvalue weighted by Crippen LogP contribution is -2.63. The van der Waals surface area contributed by atoms with E-state index in [0.29, 0.717) is 29.8 Å². The van der Waals surface area contributed by atoms with Crippen molar-refractivity contribution in [2.24, 2.45) is 0 Å². The van der Waals surface area contributed by atoms with Crippen LogP contribution in [-0.2, 0) is 14.3 Å². The Kier molecular flexibility index (Phi) is 9.17. The molecular formula is C29H31ClFN5O6. The van der Waals surface area contributed by atoms with Gasteiger partial charge in [0.2, 0.25) is 0 Å². The molecule has 2 fully saturated rings. The highest BCUT2D eigenvalue weighted by molar-refractivity contribution is 6.31. The first kappa shape index (κ1) is 30.0. The molecule has 3 aromatic rings. The van der Waals surface area contributed by atoms with Crippen LogP contribution >= 0.6 is 11.6 Å². The van der Waals surface area contributed by atoms with Gasteiger partial charge in [-0.1, -0.05) is 41.8 Å². The first-order chi connectivity index (χ1) is 20.2. The van der Waals surface area contributed by atoms with E-state index in [9.17, 15) is 29.8 Å². The van der Waals surface area contributed by atoms with Crippen molar-refractivity contribution in [2.75, 3.05) is 18.6 Å². The Morgan fingerprint density at radius 3 is 2.74 bits per heavy atom. The zero-order valence-corrected chi connectivity index (χ0v) is 23.5. The Labute approximate surface area is 246 Å². The molecule has 1 aliphatic carbocycles. The standard InChI is InChI=1S/C29H31ClFN5O6/c1-41-27-25(35-14-21(33-34-35)17-5-4-6-19(31)11-17)26(39)24(15-37)42-28(27)29(40)36(22-7-2-3-8-23(22)38)20-10-16(13-32)9-18(30)12-20/h4-6,9-12,14,22-28,37-39H,2-3,7-8,15H2,1H3/t22-,23-,24+,25-,26-,27+,28+/m0/s1. The number of hydrogen-bond acceptors (Lipinski definition) is 9. The van der Waals surface area contributed by atoms with E-state index in [0.717, 1.165) is 12.8 Å². The summed E-state index contributed by atoms with van der Waals surface area (Å²) in [7, 11) is 1.35. The minimum absolute atomic E-state index is 0.225. The number of methoxy groups -OCH3 is 1. The average molecular weight is 600 g/mol. The maximum atomic E-state index is 14.5. The number of anilines is 1. The Balaban J connectivity index is 1.56. The number of nitriles is 1. The second-order valence-corrected chi connectivity index (χ2v) is 10.9. The molecule has 13 heteroatoms. The Bertz CT molecular complexity index is 1470. The molecule has 1 aromatic heterocycles. The molecule has 3 N–H and O–H groups in total. The van der Waals surface area contributed by atoms with Crippen LogP contribution in [0.25, 0.3) is 11.3 Å². The maximum absolute atomic E-state index is 14.5. The molecule has 0 radical (unpaired) electrons. The first-order valence-electron chi connectivity index (χ1n) is 13.6. The number of aromatic nitrogens is 3. The molecule has 1 saturated carbocycles. The minimum Gasteiger partial charge on any atom is -0.394 e. The van der Waals surface area contributed by atoms with E-state index >= 15 is 0 Å². The molecule has 2 aliphatic rings. The van der Waals surface area contributed by atoms with Gasteiger partial charge in [0.25, 0.3) is 5.91 Å². The summed E-state index contributed by atoms with van der Waals surface area (Å²) in [4.78, 5) is 15.9. The van der Waals surface area contributed by atoms with Gasteiger partial charge < -0.3 is 29.7 Å². The number of halogens is 2. The SMILES string of the molecule is CO[C@@H]1[C@@H](n2cc(-c3cccc(F)c3)nn2)[C@@H](O)[C@@H](CO)O[C@H]1C(=O)N(c1cc(Cl)cc(C#N)c1)[C@H]1CCCC[C@@H]1O. The van der Waals surface area contributed by atoms with E-state index < -0.39 is 60.9 Å². The predicted molar refractivity (Wildman–Crippen MR) is 149 cm³/mol. The van der Waals surface area contributed by atoms with Crippen LogP contribution in [0, 0.1) is 17.1 Å². The number of benzene rings is 2. The van der Waals surface area contributed by atoms with Crippen LogP contribution in [0.3, 0.4) is 0 Å². The van der Waals surface area contributed by atoms with Crippen molar-refractivity contribution in [3.8, 4) is 17.3 Å². The summed E-state index contributed by atoms with van der Waals surface area (Å²) >= 11 is 6.31. The molecule has 222 valence electrons. The molecule has 7 atom stereocenters. The van der Waals surface area contributed by atoms with Crippen molar-refractivity contribution in [1.82, 2.24) is 15.0 Å². The molecule has 1 aliphatic heterocycles. The lowest BCUT2D eigenvalue weighted by atomic mass is 9.88. The van der Waals surface area contributed by atoms with Crippen molar-refractivity contribution >= 4 is 23.2 Å². The summed E-state index contributed by atoms with van der Waals surface area (Å²) in [6, 6.07) is 10.6. The number of hydrogen-bond donors (Lipinski definition) is 3. The quantitative estimate of drug-likeness (QED) is 0.372. The zero-order chi connectivity index (χ0) is 30.0. The maximum Gasteiger partial charge on any atom is 0.259 e. The molecule has 2 aromatic carbocycles. The number of aliphatic hydroxyl groups is 3. The lowest BCUT2D eigenvalue weighted by molar-refractivity contribution is -0.211. The van der Waals surface area contributed by atoms with Crippen LogP contribution in [0.1, 0.15) is 37.3 Å². The largest absolute Gasteiger partial charge is 0.394 e. The highest BCUT2D eigenvalue weighted by atomic mass is 35.5. The number of aliphatic hydroxyl groups excluding tert-OH is 3. The molecule has 5 rings (SSSR count). The fraction of sp³-hybridized carbons (Fsp3) is 0.448. The van der Waals surface area contributed by atoms with Gasteiger partial charge in [-0.25, -0.2) is 9.07 Å². The molecule has 2 heterocycles. The summed E-state index contributed by atoms with van der Waals surface area (Å²) in [5.41, 5.74) is 1.30. The molecule has 0 bridgehead atoms. The topological polar surface area (TPSA) is 154 Å². The fourth-order valence-corrected chi connectivity index (χ4v) is 6.08. The van der Waals surface area contributed by atoms with Gasteiger partial charge in [0, 0.05) is 23.4 Å². The van der Waals surface area contributed by atoms with Crippen LogP contribution < -0.4 is 4.90 Å². The number of carbonyl (C=O) groups is 1. The molecule has 11 nitrogen and oxygen atoms in total. The van der Waals surface area contributed by atoms with Gasteiger partial charge in [-0.15, -0.1) is 5.10 Å². The molecule has 1 saturated heterocycles. The first-order valence-corrected chi connectivity index (χ1v) is 14.0. The predicted octanol–water partition coefficient (Wildman–Crippen LogP) is 2.62. The summed E-state index contributed by atoms with van der Waals surface area (Å²) in [6.07, 6.45) is -1.91. The summed E-state index contributed by atoms with van der Waals surface area (Å²) in [6.45, 7) is -0.620. The number of nitrogens with zero attached hydrogens (tertiary/aromatic N) is 5. The normalized spacial score (nSPS) is 27.8. The number of amides is 1. The highest BCUT2D eigenvalue weighted by Crippen LogP contribution is 2.37. The third-order valence-electron chi connectivity index (χ3n) is 7.87. The van der Waals surface area contributed by atoms with Gasteiger partial charge in [-0.3, -0.25) is 4.79 Å². The van der Waals surface area contributed by atoms with Crippen molar-refractivity contribution in [3.63, 3.8) is 0 Å². The van der Waals surface area contributed by atoms with E-state index in [1.807, 2.05) is 6.07 Å². The third-order valence-corrected chi connectivity index (χ3v) is 8.09. The molecule has 0 spiro atoms. The number of carbonyl (C=O) groups excluding carboxylic acids is 1. The van der Waals surface area contributed by atoms with Crippen LogP contribution in [0.15, 0.2) is 48.7 Å². The number of rotatable bonds is 7. The molecular weight excluding hydrogens is 569 g/mol. The van der Waals surface area contributed by atoms with Crippen LogP contribution in [0.5, 0.6) is 0 Å². The number of ether oxygens (including phenoxy) is 2. The highest BCUT2D eigenvalue weighted by Gasteiger charge is 2.52. The van der Waals surface area contributed by atoms with E-state index in [4.69, 9.17) is 21.1 Å². The van der Waals surface area contributed by atoms with Gasteiger partial charge >= 0.3 is 0 Å². The monoisotopic (exact) mass is 599 g/mol. The summed E-state index contributed by atoms with van der Waals surface area (Å²) < 4.78 is 26.9. The van der Waals surface area contributed by atoms with E-state index in [1.165, 1.54) is 59.3 Å². The molecule has 0 unspecified atom stereocenters. The lowest BCUT2D eigenvalue weighted by Gasteiger charge is -2.46. The Hall–Kier alpha value is -3.44. The Morgan fingerprint density at radius 2 is 2.05 bits per heavy atom.